The number of fused-ring (bicyclic) bond motifs is 1. The van der Waals surface area contributed by atoms with Crippen LogP contribution in [0.3, 0.4) is 0 Å². The molecule has 2 heterocycles. The second-order valence-corrected chi connectivity index (χ2v) is 14.9. The number of nitrogens with zero attached hydrogens (tertiary/aromatic N) is 3. The number of hydrogen-bond acceptors (Lipinski definition) is 9. The van der Waals surface area contributed by atoms with Crippen LogP contribution >= 0.6 is 29.5 Å². The van der Waals surface area contributed by atoms with Crippen LogP contribution < -0.4 is 4.74 Å². The maximum atomic E-state index is 12.9. The van der Waals surface area contributed by atoms with E-state index in [9.17, 15) is 19.3 Å². The molecular formula is C30H44Cl2N3O8P. The zero-order valence-electron chi connectivity index (χ0n) is 25.9. The number of esters is 1. The first-order chi connectivity index (χ1) is 21.0. The van der Waals surface area contributed by atoms with Crippen molar-refractivity contribution in [3.05, 3.63) is 46.5 Å². The van der Waals surface area contributed by atoms with Crippen LogP contribution in [0, 0.1) is 0 Å². The number of ether oxygens (including phenoxy) is 3. The Hall–Kier alpha value is -2.56. The summed E-state index contributed by atoms with van der Waals surface area (Å²) < 4.78 is 28.3. The van der Waals surface area contributed by atoms with Crippen LogP contribution in [0.5, 0.6) is 11.5 Å². The Balaban J connectivity index is 0.000000860. The lowest BCUT2D eigenvalue weighted by Gasteiger charge is -2.26. The molecule has 0 radical (unpaired) electrons. The zero-order valence-corrected chi connectivity index (χ0v) is 28.3. The van der Waals surface area contributed by atoms with Crippen molar-refractivity contribution in [2.45, 2.75) is 51.9 Å². The monoisotopic (exact) mass is 675 g/mol. The fourth-order valence-corrected chi connectivity index (χ4v) is 4.28. The molecule has 1 fully saturated rings. The van der Waals surface area contributed by atoms with Gasteiger partial charge in [0.15, 0.2) is 13.4 Å². The van der Waals surface area contributed by atoms with Crippen molar-refractivity contribution in [2.24, 2.45) is 5.16 Å². The smallest absolute Gasteiger partial charge is 0.342 e. The molecule has 44 heavy (non-hydrogen) atoms. The minimum atomic E-state index is -2.43. The molecule has 0 aromatic heterocycles. The largest absolute Gasteiger partial charge is 0.507 e. The second-order valence-electron chi connectivity index (χ2n) is 10.3. The van der Waals surface area contributed by atoms with Crippen LogP contribution in [-0.2, 0) is 30.1 Å². The molecule has 0 bridgehead atoms. The quantitative estimate of drug-likeness (QED) is 0.0830. The molecule has 11 nitrogen and oxygen atoms in total. The molecular weight excluding hydrogens is 632 g/mol. The van der Waals surface area contributed by atoms with Crippen molar-refractivity contribution in [1.82, 2.24) is 9.57 Å². The molecule has 246 valence electrons. The number of carbonyl (C=O) groups is 2. The molecule has 1 aromatic rings. The number of phenols is 1. The molecule has 1 amide bonds. The highest BCUT2D eigenvalue weighted by molar-refractivity contribution is 7.86. The lowest BCUT2D eigenvalue weighted by Crippen LogP contribution is -2.37. The number of carbonyl (C=O) groups excluding carboxylic acids is 2. The number of rotatable bonds is 8. The Morgan fingerprint density at radius 1 is 1.16 bits per heavy atom. The third-order valence-corrected chi connectivity index (χ3v) is 9.41. The van der Waals surface area contributed by atoms with Crippen LogP contribution in [0.2, 0.25) is 5.02 Å². The molecule has 1 N–H and O–H groups in total. The number of likely N-dealkylation sites (tertiary alicyclic amines) is 1. The normalized spacial score (nSPS) is 19.8. The summed E-state index contributed by atoms with van der Waals surface area (Å²) in [4.78, 5) is 32.6. The van der Waals surface area contributed by atoms with Crippen molar-refractivity contribution in [2.75, 3.05) is 60.5 Å². The molecule has 1 atom stereocenters. The summed E-state index contributed by atoms with van der Waals surface area (Å²) in [5.74, 6) is -0.998. The third kappa shape index (κ3) is 13.2. The first-order valence-corrected chi connectivity index (χ1v) is 18.0. The van der Waals surface area contributed by atoms with Crippen molar-refractivity contribution in [3.8, 4) is 11.5 Å². The van der Waals surface area contributed by atoms with Crippen LogP contribution in [-0.4, -0.2) is 92.7 Å². The Bertz CT molecular complexity index is 1230. The SMILES string of the molecule is CCOCOc1cc(O)c2c(c1Cl)CC(=NOCC(=O)N1CCCCC1)/C=C/CC/C=C/CCOC2=O.CN(C)P(C)(=O)Cl. The molecule has 2 aliphatic heterocycles. The molecule has 14 heteroatoms. The number of cyclic esters (lactones) is 1. The first kappa shape index (κ1) is 37.6. The Morgan fingerprint density at radius 3 is 2.48 bits per heavy atom. The first-order valence-electron chi connectivity index (χ1n) is 14.6. The summed E-state index contributed by atoms with van der Waals surface area (Å²) in [5, 5.41) is 15.1. The molecule has 1 unspecified atom stereocenters. The van der Waals surface area contributed by atoms with E-state index in [4.69, 9.17) is 41.9 Å². The van der Waals surface area contributed by atoms with E-state index in [1.54, 1.807) is 25.1 Å². The fraction of sp³-hybridized carbons (Fsp3) is 0.567. The Kier molecular flexibility index (Phi) is 16.9. The predicted molar refractivity (Wildman–Crippen MR) is 173 cm³/mol. The average Bonchev–Trinajstić information content (AvgIpc) is 2.98. The minimum Gasteiger partial charge on any atom is -0.507 e. The summed E-state index contributed by atoms with van der Waals surface area (Å²) in [6.45, 7) is 2.67. The second kappa shape index (κ2) is 19.7. The number of halogens is 2. The van der Waals surface area contributed by atoms with Crippen molar-refractivity contribution in [3.63, 3.8) is 0 Å². The number of allylic oxidation sites excluding steroid dienone is 3. The standard InChI is InChI=1S/C27H35ClN2O7.C3H9ClNOP/c1-2-34-19-36-23-17-22(31)25-21(26(23)28)16-20(12-8-5-3-4-6-11-15-35-27(25)33)29-37-18-24(32)30-13-9-7-10-14-30;1-5(2)7(3,4)6/h4,6,8,12,17,31H,2-3,5,7,9-11,13-16,18-19H2,1H3;1-3H3/b6-4+,12-8+,29-20?;. The minimum absolute atomic E-state index is 0.0346. The summed E-state index contributed by atoms with van der Waals surface area (Å²) in [6.07, 6.45) is 12.9. The number of hydrogen-bond donors (Lipinski definition) is 1. The van der Waals surface area contributed by atoms with Gasteiger partial charge in [-0.15, -0.1) is 0 Å². The maximum Gasteiger partial charge on any atom is 0.342 e. The molecule has 1 aromatic carbocycles. The van der Waals surface area contributed by atoms with Gasteiger partial charge in [-0.3, -0.25) is 9.36 Å². The van der Waals surface area contributed by atoms with Crippen molar-refractivity contribution >= 4 is 47.1 Å². The van der Waals surface area contributed by atoms with Gasteiger partial charge >= 0.3 is 5.97 Å². The highest BCUT2D eigenvalue weighted by Crippen LogP contribution is 2.48. The molecule has 0 aliphatic carbocycles. The van der Waals surface area contributed by atoms with Crippen LogP contribution in [0.4, 0.5) is 0 Å². The Morgan fingerprint density at radius 2 is 1.82 bits per heavy atom. The van der Waals surface area contributed by atoms with Gasteiger partial charge in [0, 0.05) is 38.8 Å². The van der Waals surface area contributed by atoms with E-state index < -0.39 is 12.6 Å². The van der Waals surface area contributed by atoms with E-state index >= 15 is 0 Å². The van der Waals surface area contributed by atoms with Gasteiger partial charge in [0.1, 0.15) is 17.1 Å². The number of benzene rings is 1. The number of piperidine rings is 1. The number of amides is 1. The van der Waals surface area contributed by atoms with Gasteiger partial charge in [-0.1, -0.05) is 35.0 Å². The van der Waals surface area contributed by atoms with E-state index in [2.05, 4.69) is 5.16 Å². The van der Waals surface area contributed by atoms with Gasteiger partial charge in [-0.05, 0) is 82.4 Å². The lowest BCUT2D eigenvalue weighted by atomic mass is 9.99. The highest BCUT2D eigenvalue weighted by Gasteiger charge is 2.25. The topological polar surface area (TPSA) is 127 Å². The van der Waals surface area contributed by atoms with Crippen LogP contribution in [0.1, 0.15) is 61.4 Å². The number of oxime groups is 1. The predicted octanol–water partition coefficient (Wildman–Crippen LogP) is 6.41. The molecule has 0 saturated carbocycles. The molecule has 1 saturated heterocycles. The molecule has 3 rings (SSSR count). The number of phenolic OH excluding ortho intramolecular Hbond substituents is 1. The lowest BCUT2D eigenvalue weighted by molar-refractivity contribution is -0.137. The van der Waals surface area contributed by atoms with Crippen LogP contribution in [0.25, 0.3) is 0 Å². The van der Waals surface area contributed by atoms with E-state index in [0.717, 1.165) is 45.2 Å². The van der Waals surface area contributed by atoms with Gasteiger partial charge in [-0.25, -0.2) is 9.46 Å². The summed E-state index contributed by atoms with van der Waals surface area (Å²) in [7, 11) is 3.38. The fourth-order valence-electron chi connectivity index (χ4n) is 4.01. The average molecular weight is 677 g/mol. The summed E-state index contributed by atoms with van der Waals surface area (Å²) in [6, 6.07) is 1.27. The van der Waals surface area contributed by atoms with E-state index in [0.29, 0.717) is 18.7 Å². The van der Waals surface area contributed by atoms with Gasteiger partial charge in [0.2, 0.25) is 6.65 Å². The van der Waals surface area contributed by atoms with E-state index in [1.165, 1.54) is 17.4 Å². The molecule has 0 spiro atoms. The summed E-state index contributed by atoms with van der Waals surface area (Å²) in [5.41, 5.74) is 0.630. The van der Waals surface area contributed by atoms with E-state index in [1.807, 2.05) is 25.2 Å². The number of aromatic hydroxyl groups is 1. The van der Waals surface area contributed by atoms with E-state index in [-0.39, 0.29) is 60.0 Å². The maximum absolute atomic E-state index is 12.9. The zero-order chi connectivity index (χ0) is 32.5. The van der Waals surface area contributed by atoms with Gasteiger partial charge in [0.25, 0.3) is 5.91 Å². The summed E-state index contributed by atoms with van der Waals surface area (Å²) >= 11 is 12.0. The Labute approximate surface area is 269 Å². The van der Waals surface area contributed by atoms with Crippen molar-refractivity contribution in [1.29, 1.82) is 0 Å². The van der Waals surface area contributed by atoms with Gasteiger partial charge in [0.05, 0.1) is 17.3 Å². The van der Waals surface area contributed by atoms with Gasteiger partial charge < -0.3 is 29.1 Å². The highest BCUT2D eigenvalue weighted by atomic mass is 35.7. The molecule has 2 aliphatic rings. The van der Waals surface area contributed by atoms with Crippen LogP contribution in [0.15, 0.2) is 35.5 Å². The van der Waals surface area contributed by atoms with Gasteiger partial charge in [-0.2, -0.15) is 0 Å². The van der Waals surface area contributed by atoms with Crippen molar-refractivity contribution < 1.29 is 38.3 Å². The third-order valence-electron chi connectivity index (χ3n) is 6.66.